The van der Waals surface area contributed by atoms with Crippen molar-refractivity contribution in [1.29, 1.82) is 0 Å². The van der Waals surface area contributed by atoms with Crippen molar-refractivity contribution < 1.29 is 14.3 Å². The predicted molar refractivity (Wildman–Crippen MR) is 118 cm³/mol. The lowest BCUT2D eigenvalue weighted by molar-refractivity contribution is -0.154. The van der Waals surface area contributed by atoms with Crippen molar-refractivity contribution in [2.45, 2.75) is 38.8 Å². The Labute approximate surface area is 182 Å². The van der Waals surface area contributed by atoms with Gasteiger partial charge in [-0.3, -0.25) is 9.59 Å². The third kappa shape index (κ3) is 3.22. The highest BCUT2D eigenvalue weighted by molar-refractivity contribution is 6.11. The summed E-state index contributed by atoms with van der Waals surface area (Å²) in [4.78, 5) is 29.9. The molecule has 2 aromatic rings. The van der Waals surface area contributed by atoms with E-state index in [4.69, 9.17) is 10.5 Å². The third-order valence-electron chi connectivity index (χ3n) is 7.44. The maximum Gasteiger partial charge on any atom is 0.315 e. The summed E-state index contributed by atoms with van der Waals surface area (Å²) in [6.45, 7) is 3.29. The average Bonchev–Trinajstić information content (AvgIpc) is 3.44. The second-order valence-corrected chi connectivity index (χ2v) is 9.18. The molecule has 5 rings (SSSR count). The topological polar surface area (TPSA) is 80.8 Å². The fourth-order valence-electron chi connectivity index (χ4n) is 4.99. The fraction of sp³-hybridized carbons (Fsp3) is 0.500. The SMILES string of the molecule is CC1N(COC(=O)C2(CN)CC2)C=CN1CC1CCc2c(c3ccccc3n2C)C1=O. The Hall–Kier alpha value is -2.80. The molecule has 0 spiro atoms. The molecule has 1 saturated carbocycles. The monoisotopic (exact) mass is 422 g/mol. The molecule has 7 nitrogen and oxygen atoms in total. The van der Waals surface area contributed by atoms with Crippen LogP contribution in [0.4, 0.5) is 0 Å². The number of hydrogen-bond donors (Lipinski definition) is 1. The molecular formula is C24H30N4O3. The van der Waals surface area contributed by atoms with E-state index in [9.17, 15) is 9.59 Å². The summed E-state index contributed by atoms with van der Waals surface area (Å²) in [5.41, 5.74) is 8.44. The van der Waals surface area contributed by atoms with E-state index < -0.39 is 5.41 Å². The zero-order chi connectivity index (χ0) is 21.8. The van der Waals surface area contributed by atoms with Crippen molar-refractivity contribution in [3.8, 4) is 0 Å². The quantitative estimate of drug-likeness (QED) is 0.721. The number of para-hydroxylation sites is 1. The number of hydrogen-bond acceptors (Lipinski definition) is 6. The summed E-state index contributed by atoms with van der Waals surface area (Å²) >= 11 is 0. The molecule has 7 heteroatoms. The van der Waals surface area contributed by atoms with Crippen LogP contribution < -0.4 is 5.73 Å². The number of carbonyl (C=O) groups excluding carboxylic acids is 2. The fourth-order valence-corrected chi connectivity index (χ4v) is 4.99. The first kappa shape index (κ1) is 20.1. The van der Waals surface area contributed by atoms with Crippen LogP contribution in [0.1, 0.15) is 42.2 Å². The van der Waals surface area contributed by atoms with Crippen molar-refractivity contribution in [1.82, 2.24) is 14.4 Å². The van der Waals surface area contributed by atoms with E-state index in [0.29, 0.717) is 13.1 Å². The second kappa shape index (κ2) is 7.41. The number of esters is 1. The number of Topliss-reactive ketones (excluding diaryl/α,β-unsaturated/α-hetero) is 1. The van der Waals surface area contributed by atoms with Gasteiger partial charge in [0.05, 0.1) is 5.41 Å². The first-order valence-electron chi connectivity index (χ1n) is 11.1. The van der Waals surface area contributed by atoms with Gasteiger partial charge in [-0.2, -0.15) is 0 Å². The van der Waals surface area contributed by atoms with Crippen LogP contribution in [0.25, 0.3) is 10.9 Å². The molecule has 31 heavy (non-hydrogen) atoms. The minimum absolute atomic E-state index is 0.0301. The Balaban J connectivity index is 1.24. The molecular weight excluding hydrogens is 392 g/mol. The summed E-state index contributed by atoms with van der Waals surface area (Å²) in [6.07, 6.45) is 7.37. The number of nitrogens with zero attached hydrogens (tertiary/aromatic N) is 3. The standard InChI is InChI=1S/C24H30N4O3/c1-16-27(11-12-28(16)15-31-23(30)24(14-25)9-10-24)13-17-7-8-20-21(22(17)29)18-5-3-4-6-19(18)26(20)2/h3-6,11-12,16-17H,7-10,13-15,25H2,1-2H3. The van der Waals surface area contributed by atoms with Crippen LogP contribution in [0, 0.1) is 11.3 Å². The number of rotatable bonds is 6. The summed E-state index contributed by atoms with van der Waals surface area (Å²) in [5, 5.41) is 1.06. The van der Waals surface area contributed by atoms with Gasteiger partial charge in [0.2, 0.25) is 0 Å². The predicted octanol–water partition coefficient (Wildman–Crippen LogP) is 2.60. The normalized spacial score (nSPS) is 24.0. The van der Waals surface area contributed by atoms with Gasteiger partial charge in [-0.15, -0.1) is 0 Å². The molecule has 1 aromatic heterocycles. The summed E-state index contributed by atoms with van der Waals surface area (Å²) < 4.78 is 7.70. The Morgan fingerprint density at radius 1 is 1.23 bits per heavy atom. The molecule has 0 radical (unpaired) electrons. The van der Waals surface area contributed by atoms with Crippen LogP contribution in [-0.4, -0.2) is 52.1 Å². The number of carbonyl (C=O) groups is 2. The molecule has 2 atom stereocenters. The van der Waals surface area contributed by atoms with Crippen LogP contribution in [0.5, 0.6) is 0 Å². The lowest BCUT2D eigenvalue weighted by atomic mass is 9.84. The Bertz CT molecular complexity index is 1070. The van der Waals surface area contributed by atoms with Crippen molar-refractivity contribution in [2.24, 2.45) is 24.1 Å². The third-order valence-corrected chi connectivity index (χ3v) is 7.44. The van der Waals surface area contributed by atoms with Crippen LogP contribution in [0.15, 0.2) is 36.7 Å². The summed E-state index contributed by atoms with van der Waals surface area (Å²) in [6, 6.07) is 8.15. The van der Waals surface area contributed by atoms with Gasteiger partial charge in [0, 0.05) is 60.6 Å². The molecule has 2 aliphatic carbocycles. The molecule has 2 heterocycles. The van der Waals surface area contributed by atoms with Crippen molar-refractivity contribution in [2.75, 3.05) is 19.8 Å². The van der Waals surface area contributed by atoms with Gasteiger partial charge >= 0.3 is 5.97 Å². The Morgan fingerprint density at radius 3 is 2.71 bits per heavy atom. The first-order valence-corrected chi connectivity index (χ1v) is 11.1. The molecule has 1 aromatic carbocycles. The van der Waals surface area contributed by atoms with Gasteiger partial charge in [-0.1, -0.05) is 18.2 Å². The minimum atomic E-state index is -0.447. The highest BCUT2D eigenvalue weighted by atomic mass is 16.5. The molecule has 1 aliphatic heterocycles. The molecule has 0 saturated heterocycles. The summed E-state index contributed by atoms with van der Waals surface area (Å²) in [7, 11) is 2.05. The number of aryl methyl sites for hydroxylation is 1. The lowest BCUT2D eigenvalue weighted by Gasteiger charge is -2.33. The van der Waals surface area contributed by atoms with E-state index in [1.54, 1.807) is 0 Å². The first-order chi connectivity index (χ1) is 14.9. The Morgan fingerprint density at radius 2 is 1.97 bits per heavy atom. The van der Waals surface area contributed by atoms with Gasteiger partial charge in [-0.05, 0) is 38.7 Å². The average molecular weight is 423 g/mol. The number of aromatic nitrogens is 1. The van der Waals surface area contributed by atoms with Crippen LogP contribution in [-0.2, 0) is 23.0 Å². The molecule has 164 valence electrons. The smallest absolute Gasteiger partial charge is 0.315 e. The zero-order valence-corrected chi connectivity index (χ0v) is 18.2. The van der Waals surface area contributed by atoms with E-state index in [0.717, 1.165) is 47.8 Å². The van der Waals surface area contributed by atoms with Gasteiger partial charge < -0.3 is 24.8 Å². The molecule has 0 bridgehead atoms. The van der Waals surface area contributed by atoms with Gasteiger partial charge in [0.25, 0.3) is 0 Å². The minimum Gasteiger partial charge on any atom is -0.444 e. The van der Waals surface area contributed by atoms with Crippen LogP contribution >= 0.6 is 0 Å². The van der Waals surface area contributed by atoms with E-state index >= 15 is 0 Å². The number of ketones is 1. The van der Waals surface area contributed by atoms with E-state index in [1.165, 1.54) is 0 Å². The maximum absolute atomic E-state index is 13.4. The molecule has 1 fully saturated rings. The lowest BCUT2D eigenvalue weighted by Crippen LogP contribution is -2.42. The van der Waals surface area contributed by atoms with Crippen molar-refractivity contribution in [3.63, 3.8) is 0 Å². The van der Waals surface area contributed by atoms with Crippen LogP contribution in [0.3, 0.4) is 0 Å². The highest BCUT2D eigenvalue weighted by Gasteiger charge is 2.50. The zero-order valence-electron chi connectivity index (χ0n) is 18.2. The van der Waals surface area contributed by atoms with E-state index in [2.05, 4.69) is 35.6 Å². The number of ether oxygens (including phenoxy) is 1. The molecule has 2 unspecified atom stereocenters. The molecule has 0 amide bonds. The van der Waals surface area contributed by atoms with E-state index in [1.807, 2.05) is 29.4 Å². The molecule has 3 aliphatic rings. The van der Waals surface area contributed by atoms with Crippen molar-refractivity contribution in [3.05, 3.63) is 47.9 Å². The number of fused-ring (bicyclic) bond motifs is 3. The number of benzene rings is 1. The van der Waals surface area contributed by atoms with E-state index in [-0.39, 0.29) is 30.6 Å². The van der Waals surface area contributed by atoms with Gasteiger partial charge in [0.15, 0.2) is 12.5 Å². The van der Waals surface area contributed by atoms with Crippen molar-refractivity contribution >= 4 is 22.7 Å². The molecule has 2 N–H and O–H groups in total. The number of nitrogens with two attached hydrogens (primary N) is 1. The highest BCUT2D eigenvalue weighted by Crippen LogP contribution is 2.45. The maximum atomic E-state index is 13.4. The summed E-state index contributed by atoms with van der Waals surface area (Å²) in [5.74, 6) is 0.00187. The Kier molecular flexibility index (Phi) is 4.81. The largest absolute Gasteiger partial charge is 0.444 e. The second-order valence-electron chi connectivity index (χ2n) is 9.18. The van der Waals surface area contributed by atoms with Gasteiger partial charge in [0.1, 0.15) is 6.17 Å². The van der Waals surface area contributed by atoms with Crippen LogP contribution in [0.2, 0.25) is 0 Å². The van der Waals surface area contributed by atoms with Gasteiger partial charge in [-0.25, -0.2) is 0 Å².